The molecule has 0 fully saturated rings. The van der Waals surface area contributed by atoms with Crippen LogP contribution in [0.2, 0.25) is 0 Å². The predicted molar refractivity (Wildman–Crippen MR) is 68.3 cm³/mol. The molecular weight excluding hydrogens is 227 g/mol. The van der Waals surface area contributed by atoms with Crippen LogP contribution in [0, 0.1) is 5.82 Å². The molecule has 90 valence electrons. The Balaban J connectivity index is 2.72. The van der Waals surface area contributed by atoms with Crippen LogP contribution >= 0.6 is 11.8 Å². The van der Waals surface area contributed by atoms with E-state index < -0.39 is 0 Å². The monoisotopic (exact) mass is 244 g/mol. The molecule has 0 saturated heterocycles. The van der Waals surface area contributed by atoms with Gasteiger partial charge in [-0.3, -0.25) is 0 Å². The zero-order valence-electron chi connectivity index (χ0n) is 9.40. The van der Waals surface area contributed by atoms with Crippen LogP contribution in [0.5, 0.6) is 0 Å². The number of benzene rings is 1. The Morgan fingerprint density at radius 2 is 2.19 bits per heavy atom. The lowest BCUT2D eigenvalue weighted by Gasteiger charge is -2.22. The van der Waals surface area contributed by atoms with Crippen LogP contribution in [0.3, 0.4) is 0 Å². The average Bonchev–Trinajstić information content (AvgIpc) is 2.17. The second kappa shape index (κ2) is 5.96. The SMILES string of the molecule is CSC(CO)C(C)Nc1cc(N)cc(F)c1. The van der Waals surface area contributed by atoms with Gasteiger partial charge in [0.15, 0.2) is 0 Å². The van der Waals surface area contributed by atoms with Gasteiger partial charge in [0.05, 0.1) is 6.61 Å². The molecule has 0 amide bonds. The molecule has 0 aliphatic carbocycles. The molecule has 1 aromatic rings. The third-order valence-corrected chi connectivity index (χ3v) is 3.52. The van der Waals surface area contributed by atoms with Gasteiger partial charge in [0.2, 0.25) is 0 Å². The Bertz CT molecular complexity index is 325. The van der Waals surface area contributed by atoms with E-state index in [-0.39, 0.29) is 23.7 Å². The Kier molecular flexibility index (Phi) is 4.89. The maximum Gasteiger partial charge on any atom is 0.127 e. The average molecular weight is 244 g/mol. The number of nitrogen functional groups attached to an aromatic ring is 1. The summed E-state index contributed by atoms with van der Waals surface area (Å²) in [6.07, 6.45) is 1.93. The summed E-state index contributed by atoms with van der Waals surface area (Å²) >= 11 is 1.57. The zero-order valence-corrected chi connectivity index (χ0v) is 10.2. The first kappa shape index (κ1) is 13.1. The van der Waals surface area contributed by atoms with Crippen LogP contribution in [-0.2, 0) is 0 Å². The van der Waals surface area contributed by atoms with Gasteiger partial charge in [-0.15, -0.1) is 0 Å². The van der Waals surface area contributed by atoms with Crippen LogP contribution in [0.25, 0.3) is 0 Å². The molecule has 0 aromatic heterocycles. The highest BCUT2D eigenvalue weighted by molar-refractivity contribution is 7.99. The van der Waals surface area contributed by atoms with E-state index >= 15 is 0 Å². The fourth-order valence-electron chi connectivity index (χ4n) is 1.49. The lowest BCUT2D eigenvalue weighted by Crippen LogP contribution is -2.30. The molecule has 2 unspecified atom stereocenters. The van der Waals surface area contributed by atoms with E-state index in [1.165, 1.54) is 12.1 Å². The summed E-state index contributed by atoms with van der Waals surface area (Å²) in [5, 5.41) is 12.3. The van der Waals surface area contributed by atoms with Gasteiger partial charge < -0.3 is 16.2 Å². The summed E-state index contributed by atoms with van der Waals surface area (Å²) in [6, 6.07) is 4.38. The lowest BCUT2D eigenvalue weighted by atomic mass is 10.2. The summed E-state index contributed by atoms with van der Waals surface area (Å²) in [7, 11) is 0. The number of rotatable bonds is 5. The van der Waals surface area contributed by atoms with Crippen molar-refractivity contribution in [3.63, 3.8) is 0 Å². The molecule has 0 heterocycles. The van der Waals surface area contributed by atoms with E-state index in [0.717, 1.165) is 0 Å². The Labute approximate surface area is 99.2 Å². The van der Waals surface area contributed by atoms with E-state index in [1.54, 1.807) is 17.8 Å². The number of anilines is 2. The van der Waals surface area contributed by atoms with Gasteiger partial charge in [0.25, 0.3) is 0 Å². The van der Waals surface area contributed by atoms with E-state index in [9.17, 15) is 4.39 Å². The normalized spacial score (nSPS) is 14.5. The third-order valence-electron chi connectivity index (χ3n) is 2.35. The molecule has 4 N–H and O–H groups in total. The number of hydrogen-bond acceptors (Lipinski definition) is 4. The fraction of sp³-hybridized carbons (Fsp3) is 0.455. The summed E-state index contributed by atoms with van der Waals surface area (Å²) < 4.78 is 13.1. The summed E-state index contributed by atoms with van der Waals surface area (Å²) in [5.41, 5.74) is 6.57. The highest BCUT2D eigenvalue weighted by Crippen LogP contribution is 2.19. The van der Waals surface area contributed by atoms with Gasteiger partial charge in [-0.2, -0.15) is 11.8 Å². The van der Waals surface area contributed by atoms with Crippen molar-refractivity contribution in [2.24, 2.45) is 0 Å². The van der Waals surface area contributed by atoms with Gasteiger partial charge in [-0.05, 0) is 31.4 Å². The van der Waals surface area contributed by atoms with Crippen LogP contribution in [-0.4, -0.2) is 29.3 Å². The lowest BCUT2D eigenvalue weighted by molar-refractivity contribution is 0.288. The topological polar surface area (TPSA) is 58.3 Å². The molecule has 1 aromatic carbocycles. The van der Waals surface area contributed by atoms with Crippen molar-refractivity contribution in [2.45, 2.75) is 18.2 Å². The minimum Gasteiger partial charge on any atom is -0.399 e. The first-order valence-electron chi connectivity index (χ1n) is 5.03. The second-order valence-electron chi connectivity index (χ2n) is 3.66. The standard InChI is InChI=1S/C11H17FN2OS/c1-7(11(6-15)16-2)14-10-4-8(12)3-9(13)5-10/h3-5,7,11,14-15H,6,13H2,1-2H3. The summed E-state index contributed by atoms with van der Waals surface area (Å²) in [6.45, 7) is 2.03. The molecule has 0 radical (unpaired) electrons. The zero-order chi connectivity index (χ0) is 12.1. The molecular formula is C11H17FN2OS. The maximum absolute atomic E-state index is 13.1. The minimum absolute atomic E-state index is 0.0428. The number of hydrogen-bond donors (Lipinski definition) is 3. The Morgan fingerprint density at radius 3 is 2.69 bits per heavy atom. The molecule has 2 atom stereocenters. The van der Waals surface area contributed by atoms with Crippen molar-refractivity contribution in [1.29, 1.82) is 0 Å². The fourth-order valence-corrected chi connectivity index (χ4v) is 2.11. The summed E-state index contributed by atoms with van der Waals surface area (Å²) in [4.78, 5) is 0. The Hall–Kier alpha value is -0.940. The van der Waals surface area contributed by atoms with Gasteiger partial charge >= 0.3 is 0 Å². The van der Waals surface area contributed by atoms with Gasteiger partial charge in [0.1, 0.15) is 5.82 Å². The number of nitrogens with two attached hydrogens (primary N) is 1. The number of thioether (sulfide) groups is 1. The molecule has 3 nitrogen and oxygen atoms in total. The third kappa shape index (κ3) is 3.57. The maximum atomic E-state index is 13.1. The van der Waals surface area contributed by atoms with E-state index in [4.69, 9.17) is 10.8 Å². The first-order valence-corrected chi connectivity index (χ1v) is 6.32. The molecule has 1 rings (SSSR count). The van der Waals surface area contributed by atoms with Crippen molar-refractivity contribution in [3.05, 3.63) is 24.0 Å². The van der Waals surface area contributed by atoms with Crippen molar-refractivity contribution in [1.82, 2.24) is 0 Å². The molecule has 0 saturated carbocycles. The van der Waals surface area contributed by atoms with Gasteiger partial charge in [0, 0.05) is 22.7 Å². The van der Waals surface area contributed by atoms with Crippen molar-refractivity contribution < 1.29 is 9.50 Å². The van der Waals surface area contributed by atoms with E-state index in [1.807, 2.05) is 13.2 Å². The largest absolute Gasteiger partial charge is 0.399 e. The number of nitrogens with one attached hydrogen (secondary N) is 1. The molecule has 0 spiro atoms. The molecule has 16 heavy (non-hydrogen) atoms. The van der Waals surface area contributed by atoms with Crippen molar-refractivity contribution in [2.75, 3.05) is 23.9 Å². The molecule has 0 aliphatic rings. The first-order chi connectivity index (χ1) is 7.56. The number of aliphatic hydroxyl groups excluding tert-OH is 1. The predicted octanol–water partition coefficient (Wildman–Crippen LogP) is 1.93. The van der Waals surface area contributed by atoms with Crippen LogP contribution in [0.15, 0.2) is 18.2 Å². The van der Waals surface area contributed by atoms with Crippen LogP contribution in [0.4, 0.5) is 15.8 Å². The van der Waals surface area contributed by atoms with E-state index in [2.05, 4.69) is 5.32 Å². The minimum atomic E-state index is -0.362. The highest BCUT2D eigenvalue weighted by Gasteiger charge is 2.15. The second-order valence-corrected chi connectivity index (χ2v) is 4.74. The van der Waals surface area contributed by atoms with Crippen molar-refractivity contribution in [3.8, 4) is 0 Å². The smallest absolute Gasteiger partial charge is 0.127 e. The van der Waals surface area contributed by atoms with E-state index in [0.29, 0.717) is 11.4 Å². The van der Waals surface area contributed by atoms with Gasteiger partial charge in [-0.1, -0.05) is 0 Å². The highest BCUT2D eigenvalue weighted by atomic mass is 32.2. The van der Waals surface area contributed by atoms with Crippen LogP contribution in [0.1, 0.15) is 6.92 Å². The Morgan fingerprint density at radius 1 is 1.50 bits per heavy atom. The number of halogens is 1. The van der Waals surface area contributed by atoms with Crippen molar-refractivity contribution >= 4 is 23.1 Å². The quantitative estimate of drug-likeness (QED) is 0.693. The van der Waals surface area contributed by atoms with Gasteiger partial charge in [-0.25, -0.2) is 4.39 Å². The number of aliphatic hydroxyl groups is 1. The van der Waals surface area contributed by atoms with Crippen LogP contribution < -0.4 is 11.1 Å². The molecule has 0 bridgehead atoms. The summed E-state index contributed by atoms with van der Waals surface area (Å²) in [5.74, 6) is -0.362. The molecule has 0 aliphatic heterocycles. The molecule has 5 heteroatoms.